The molecule has 0 amide bonds. The van der Waals surface area contributed by atoms with E-state index in [-0.39, 0.29) is 0 Å². The van der Waals surface area contributed by atoms with Crippen molar-refractivity contribution >= 4 is 28.6 Å². The SMILES string of the molecule is Cc1ncsc1CN(C)Cc1ccsc1C(=O)O. The van der Waals surface area contributed by atoms with Crippen LogP contribution in [-0.2, 0) is 13.1 Å². The van der Waals surface area contributed by atoms with Gasteiger partial charge in [0.15, 0.2) is 0 Å². The molecule has 96 valence electrons. The molecule has 0 radical (unpaired) electrons. The van der Waals surface area contributed by atoms with Gasteiger partial charge in [0.05, 0.1) is 11.2 Å². The minimum absolute atomic E-state index is 0.433. The maximum absolute atomic E-state index is 11.0. The zero-order valence-corrected chi connectivity index (χ0v) is 11.8. The number of aromatic nitrogens is 1. The molecule has 2 aromatic heterocycles. The highest BCUT2D eigenvalue weighted by atomic mass is 32.1. The second-order valence-electron chi connectivity index (χ2n) is 4.11. The van der Waals surface area contributed by atoms with Crippen molar-refractivity contribution in [3.05, 3.63) is 38.0 Å². The van der Waals surface area contributed by atoms with E-state index in [1.807, 2.05) is 30.9 Å². The molecular weight excluding hydrogens is 268 g/mol. The zero-order valence-electron chi connectivity index (χ0n) is 10.2. The Labute approximate surface area is 114 Å². The molecule has 0 unspecified atom stereocenters. The topological polar surface area (TPSA) is 53.4 Å². The molecule has 0 fully saturated rings. The third kappa shape index (κ3) is 2.95. The monoisotopic (exact) mass is 282 g/mol. The van der Waals surface area contributed by atoms with Gasteiger partial charge in [0, 0.05) is 18.0 Å². The maximum Gasteiger partial charge on any atom is 0.346 e. The summed E-state index contributed by atoms with van der Waals surface area (Å²) >= 11 is 2.91. The van der Waals surface area contributed by atoms with Crippen LogP contribution in [0.15, 0.2) is 17.0 Å². The van der Waals surface area contributed by atoms with E-state index < -0.39 is 5.97 Å². The van der Waals surface area contributed by atoms with Gasteiger partial charge in [-0.15, -0.1) is 22.7 Å². The zero-order chi connectivity index (χ0) is 13.1. The molecule has 0 saturated carbocycles. The third-order valence-electron chi connectivity index (χ3n) is 2.64. The number of carboxylic acids is 1. The highest BCUT2D eigenvalue weighted by Gasteiger charge is 2.14. The molecule has 1 N–H and O–H groups in total. The van der Waals surface area contributed by atoms with Crippen molar-refractivity contribution in [2.24, 2.45) is 0 Å². The fourth-order valence-corrected chi connectivity index (χ4v) is 3.33. The fraction of sp³-hybridized carbons (Fsp3) is 0.333. The molecule has 0 aliphatic heterocycles. The van der Waals surface area contributed by atoms with Crippen LogP contribution in [0.3, 0.4) is 0 Å². The van der Waals surface area contributed by atoms with Crippen molar-refractivity contribution in [1.29, 1.82) is 0 Å². The molecule has 2 aromatic rings. The summed E-state index contributed by atoms with van der Waals surface area (Å²) in [6.45, 7) is 3.43. The Hall–Kier alpha value is -1.24. The number of rotatable bonds is 5. The van der Waals surface area contributed by atoms with Crippen LogP contribution in [0.2, 0.25) is 0 Å². The summed E-state index contributed by atoms with van der Waals surface area (Å²) in [5.74, 6) is -0.845. The van der Waals surface area contributed by atoms with E-state index >= 15 is 0 Å². The van der Waals surface area contributed by atoms with Crippen molar-refractivity contribution in [2.45, 2.75) is 20.0 Å². The van der Waals surface area contributed by atoms with Gasteiger partial charge in [0.1, 0.15) is 4.88 Å². The van der Waals surface area contributed by atoms with Gasteiger partial charge in [-0.25, -0.2) is 9.78 Å². The van der Waals surface area contributed by atoms with E-state index in [9.17, 15) is 4.79 Å². The number of nitrogens with zero attached hydrogens (tertiary/aromatic N) is 2. The first-order valence-electron chi connectivity index (χ1n) is 5.45. The Kier molecular flexibility index (Phi) is 4.11. The molecule has 0 aliphatic carbocycles. The highest BCUT2D eigenvalue weighted by Crippen LogP contribution is 2.20. The van der Waals surface area contributed by atoms with Crippen molar-refractivity contribution in [1.82, 2.24) is 9.88 Å². The summed E-state index contributed by atoms with van der Waals surface area (Å²) in [5.41, 5.74) is 3.76. The van der Waals surface area contributed by atoms with Crippen LogP contribution in [0.4, 0.5) is 0 Å². The van der Waals surface area contributed by atoms with Gasteiger partial charge in [-0.1, -0.05) is 0 Å². The van der Waals surface area contributed by atoms with Crippen LogP contribution >= 0.6 is 22.7 Å². The molecule has 2 rings (SSSR count). The first-order valence-corrected chi connectivity index (χ1v) is 7.21. The molecule has 0 spiro atoms. The normalized spacial score (nSPS) is 11.1. The van der Waals surface area contributed by atoms with Crippen molar-refractivity contribution in [3.8, 4) is 0 Å². The highest BCUT2D eigenvalue weighted by molar-refractivity contribution is 7.12. The van der Waals surface area contributed by atoms with Gasteiger partial charge in [-0.3, -0.25) is 4.90 Å². The lowest BCUT2D eigenvalue weighted by molar-refractivity contribution is 0.0700. The van der Waals surface area contributed by atoms with Crippen LogP contribution in [0, 0.1) is 6.92 Å². The summed E-state index contributed by atoms with van der Waals surface area (Å²) in [4.78, 5) is 19.0. The molecule has 0 atom stereocenters. The molecule has 0 bridgehead atoms. The van der Waals surface area contributed by atoms with Gasteiger partial charge in [-0.05, 0) is 31.0 Å². The van der Waals surface area contributed by atoms with E-state index in [0.29, 0.717) is 11.4 Å². The lowest BCUT2D eigenvalue weighted by Crippen LogP contribution is -2.18. The van der Waals surface area contributed by atoms with Crippen LogP contribution in [0.25, 0.3) is 0 Å². The summed E-state index contributed by atoms with van der Waals surface area (Å²) in [5, 5.41) is 10.9. The number of hydrogen-bond acceptors (Lipinski definition) is 5. The minimum Gasteiger partial charge on any atom is -0.477 e. The average molecular weight is 282 g/mol. The van der Waals surface area contributed by atoms with Gasteiger partial charge in [-0.2, -0.15) is 0 Å². The lowest BCUT2D eigenvalue weighted by Gasteiger charge is -2.15. The molecular formula is C12H14N2O2S2. The Balaban J connectivity index is 2.03. The second-order valence-corrected chi connectivity index (χ2v) is 5.97. The van der Waals surface area contributed by atoms with E-state index in [2.05, 4.69) is 9.88 Å². The predicted molar refractivity (Wildman–Crippen MR) is 73.3 cm³/mol. The minimum atomic E-state index is -0.845. The molecule has 2 heterocycles. The standard InChI is InChI=1S/C12H14N2O2S2/c1-8-10(18-7-13-8)6-14(2)5-9-3-4-17-11(9)12(15)16/h3-4,7H,5-6H2,1-2H3,(H,15,16). The largest absolute Gasteiger partial charge is 0.477 e. The number of carbonyl (C=O) groups is 1. The van der Waals surface area contributed by atoms with Crippen LogP contribution in [-0.4, -0.2) is 28.0 Å². The fourth-order valence-electron chi connectivity index (χ4n) is 1.72. The van der Waals surface area contributed by atoms with Crippen molar-refractivity contribution < 1.29 is 9.90 Å². The first kappa shape index (κ1) is 13.2. The Morgan fingerprint density at radius 3 is 2.83 bits per heavy atom. The predicted octanol–water partition coefficient (Wildman–Crippen LogP) is 2.84. The Bertz CT molecular complexity index is 548. The third-order valence-corrected chi connectivity index (χ3v) is 4.50. The number of hydrogen-bond donors (Lipinski definition) is 1. The van der Waals surface area contributed by atoms with Crippen LogP contribution < -0.4 is 0 Å². The summed E-state index contributed by atoms with van der Waals surface area (Å²) in [7, 11) is 1.99. The summed E-state index contributed by atoms with van der Waals surface area (Å²) in [6.07, 6.45) is 0. The Morgan fingerprint density at radius 2 is 2.22 bits per heavy atom. The van der Waals surface area contributed by atoms with Crippen molar-refractivity contribution in [3.63, 3.8) is 0 Å². The number of thiophene rings is 1. The quantitative estimate of drug-likeness (QED) is 0.916. The van der Waals surface area contributed by atoms with Crippen LogP contribution in [0.5, 0.6) is 0 Å². The average Bonchev–Trinajstić information content (AvgIpc) is 2.89. The molecule has 4 nitrogen and oxygen atoms in total. The van der Waals surface area contributed by atoms with Gasteiger partial charge < -0.3 is 5.11 Å². The number of carboxylic acid groups (broad SMARTS) is 1. The van der Waals surface area contributed by atoms with Crippen molar-refractivity contribution in [2.75, 3.05) is 7.05 Å². The molecule has 0 aliphatic rings. The van der Waals surface area contributed by atoms with Gasteiger partial charge in [0.25, 0.3) is 0 Å². The van der Waals surface area contributed by atoms with Gasteiger partial charge in [0.2, 0.25) is 0 Å². The number of thiazole rings is 1. The maximum atomic E-state index is 11.0. The van der Waals surface area contributed by atoms with E-state index in [0.717, 1.165) is 17.8 Å². The summed E-state index contributed by atoms with van der Waals surface area (Å²) in [6, 6.07) is 1.88. The Morgan fingerprint density at radius 1 is 1.44 bits per heavy atom. The number of aryl methyl sites for hydroxylation is 1. The number of aromatic carboxylic acids is 1. The molecule has 18 heavy (non-hydrogen) atoms. The first-order chi connectivity index (χ1) is 8.58. The smallest absolute Gasteiger partial charge is 0.346 e. The second kappa shape index (κ2) is 5.60. The molecule has 0 aromatic carbocycles. The van der Waals surface area contributed by atoms with Gasteiger partial charge >= 0.3 is 5.97 Å². The van der Waals surface area contributed by atoms with E-state index in [4.69, 9.17) is 5.11 Å². The summed E-state index contributed by atoms with van der Waals surface area (Å²) < 4.78 is 0. The van der Waals surface area contributed by atoms with E-state index in [1.165, 1.54) is 16.2 Å². The molecule has 0 saturated heterocycles. The van der Waals surface area contributed by atoms with Crippen LogP contribution in [0.1, 0.15) is 25.8 Å². The van der Waals surface area contributed by atoms with E-state index in [1.54, 1.807) is 11.3 Å². The lowest BCUT2D eigenvalue weighted by atomic mass is 10.2. The molecule has 6 heteroatoms.